The molecule has 6 heteroatoms. The predicted molar refractivity (Wildman–Crippen MR) is 103 cm³/mol. The molecule has 1 aromatic heterocycles. The van der Waals surface area contributed by atoms with E-state index in [0.29, 0.717) is 0 Å². The average molecular weight is 355 g/mol. The van der Waals surface area contributed by atoms with Crippen LogP contribution in [0.2, 0.25) is 0 Å². The molecule has 140 valence electrons. The molecule has 0 bridgehead atoms. The van der Waals surface area contributed by atoms with Gasteiger partial charge in [-0.2, -0.15) is 0 Å². The number of likely N-dealkylation sites (N-methyl/N-ethyl adjacent to an activating group) is 1. The molecule has 2 aromatic rings. The smallest absolute Gasteiger partial charge is 0.244 e. The second-order valence-electron chi connectivity index (χ2n) is 7.33. The number of aromatic nitrogens is 2. The Hall–Kier alpha value is -2.18. The van der Waals surface area contributed by atoms with Crippen LogP contribution in [0.3, 0.4) is 0 Å². The molecule has 0 saturated carbocycles. The molecule has 1 atom stereocenters. The lowest BCUT2D eigenvalue weighted by atomic mass is 10.0. The average Bonchev–Trinajstić information content (AvgIpc) is 3.02. The number of hydrogen-bond acceptors (Lipinski definition) is 4. The van der Waals surface area contributed by atoms with E-state index < -0.39 is 0 Å². The third-order valence-electron chi connectivity index (χ3n) is 5.11. The first-order valence-electron chi connectivity index (χ1n) is 9.16. The van der Waals surface area contributed by atoms with Crippen molar-refractivity contribution in [3.05, 3.63) is 53.6 Å². The van der Waals surface area contributed by atoms with Crippen LogP contribution in [0.5, 0.6) is 0 Å². The highest BCUT2D eigenvalue weighted by Crippen LogP contribution is 2.22. The van der Waals surface area contributed by atoms with E-state index >= 15 is 0 Å². The highest BCUT2D eigenvalue weighted by Gasteiger charge is 2.30. The fraction of sp³-hybridized carbons (Fsp3) is 0.500. The zero-order valence-corrected chi connectivity index (χ0v) is 16.2. The summed E-state index contributed by atoms with van der Waals surface area (Å²) < 4.78 is 2.05. The van der Waals surface area contributed by atoms with E-state index in [4.69, 9.17) is 0 Å². The number of rotatable bonds is 5. The van der Waals surface area contributed by atoms with E-state index in [1.54, 1.807) is 0 Å². The highest BCUT2D eigenvalue weighted by molar-refractivity contribution is 5.83. The summed E-state index contributed by atoms with van der Waals surface area (Å²) in [6.45, 7) is 6.19. The molecular formula is C20H29N5O. The molecule has 0 unspecified atom stereocenters. The van der Waals surface area contributed by atoms with Crippen LogP contribution in [0.15, 0.2) is 36.7 Å². The van der Waals surface area contributed by atoms with Crippen LogP contribution in [-0.4, -0.2) is 70.4 Å². The van der Waals surface area contributed by atoms with Gasteiger partial charge in [0, 0.05) is 45.6 Å². The minimum absolute atomic E-state index is 0.190. The second-order valence-corrected chi connectivity index (χ2v) is 7.33. The van der Waals surface area contributed by atoms with Crippen LogP contribution in [0.4, 0.5) is 0 Å². The van der Waals surface area contributed by atoms with Crippen molar-refractivity contribution in [1.29, 1.82) is 0 Å². The molecule has 0 spiro atoms. The molecule has 1 aliphatic heterocycles. The van der Waals surface area contributed by atoms with Gasteiger partial charge in [-0.3, -0.25) is 14.6 Å². The van der Waals surface area contributed by atoms with Crippen molar-refractivity contribution in [3.63, 3.8) is 0 Å². The Labute approximate surface area is 156 Å². The van der Waals surface area contributed by atoms with Gasteiger partial charge in [-0.05, 0) is 26.6 Å². The maximum absolute atomic E-state index is 13.2. The van der Waals surface area contributed by atoms with E-state index in [-0.39, 0.29) is 11.9 Å². The van der Waals surface area contributed by atoms with Crippen LogP contribution in [0, 0.1) is 6.92 Å². The summed E-state index contributed by atoms with van der Waals surface area (Å²) in [5.74, 6) is 1.26. The van der Waals surface area contributed by atoms with E-state index in [0.717, 1.165) is 44.1 Å². The Balaban J connectivity index is 1.62. The van der Waals surface area contributed by atoms with Crippen LogP contribution < -0.4 is 0 Å². The molecule has 3 rings (SSSR count). The van der Waals surface area contributed by atoms with Crippen LogP contribution in [0.25, 0.3) is 0 Å². The lowest BCUT2D eigenvalue weighted by molar-refractivity contribution is -0.138. The van der Waals surface area contributed by atoms with Gasteiger partial charge in [-0.15, -0.1) is 0 Å². The molecule has 0 aliphatic carbocycles. The summed E-state index contributed by atoms with van der Waals surface area (Å²) in [5.41, 5.74) is 2.27. The fourth-order valence-electron chi connectivity index (χ4n) is 3.46. The lowest BCUT2D eigenvalue weighted by Crippen LogP contribution is -2.51. The maximum Gasteiger partial charge on any atom is 0.244 e. The Morgan fingerprint density at radius 3 is 2.35 bits per heavy atom. The number of aryl methyl sites for hydroxylation is 2. The Morgan fingerprint density at radius 2 is 1.81 bits per heavy atom. The monoisotopic (exact) mass is 355 g/mol. The molecule has 6 nitrogen and oxygen atoms in total. The molecule has 0 radical (unpaired) electrons. The summed E-state index contributed by atoms with van der Waals surface area (Å²) in [5, 5.41) is 0. The molecule has 2 heterocycles. The Kier molecular flexibility index (Phi) is 5.74. The topological polar surface area (TPSA) is 44.6 Å². The van der Waals surface area contributed by atoms with E-state index in [1.807, 2.05) is 43.3 Å². The first-order chi connectivity index (χ1) is 12.5. The quantitative estimate of drug-likeness (QED) is 0.819. The minimum Gasteiger partial charge on any atom is -0.338 e. The SMILES string of the molecule is Cc1ccc([C@H](C(=O)N2CCN(Cc3nccn3C)CC2)N(C)C)cc1. The number of carbonyl (C=O) groups is 1. The Bertz CT molecular complexity index is 729. The summed E-state index contributed by atoms with van der Waals surface area (Å²) in [6, 6.07) is 8.05. The zero-order chi connectivity index (χ0) is 18.7. The summed E-state index contributed by atoms with van der Waals surface area (Å²) >= 11 is 0. The molecule has 1 saturated heterocycles. The molecular weight excluding hydrogens is 326 g/mol. The van der Waals surface area contributed by atoms with Crippen LogP contribution in [-0.2, 0) is 18.4 Å². The van der Waals surface area contributed by atoms with Crippen LogP contribution in [0.1, 0.15) is 23.0 Å². The number of hydrogen-bond donors (Lipinski definition) is 0. The van der Waals surface area contributed by atoms with Crippen molar-refractivity contribution in [1.82, 2.24) is 24.3 Å². The largest absolute Gasteiger partial charge is 0.338 e. The maximum atomic E-state index is 13.2. The van der Waals surface area contributed by atoms with Gasteiger partial charge < -0.3 is 9.47 Å². The zero-order valence-electron chi connectivity index (χ0n) is 16.2. The number of piperazine rings is 1. The molecule has 1 aliphatic rings. The number of carbonyl (C=O) groups excluding carboxylic acids is 1. The van der Waals surface area contributed by atoms with Crippen LogP contribution >= 0.6 is 0 Å². The summed E-state index contributed by atoms with van der Waals surface area (Å²) in [6.07, 6.45) is 3.80. The van der Waals surface area contributed by atoms with Crippen molar-refractivity contribution >= 4 is 5.91 Å². The van der Waals surface area contributed by atoms with Gasteiger partial charge in [0.1, 0.15) is 11.9 Å². The first-order valence-corrected chi connectivity index (χ1v) is 9.16. The van der Waals surface area contributed by atoms with E-state index in [1.165, 1.54) is 5.56 Å². The van der Waals surface area contributed by atoms with E-state index in [2.05, 4.69) is 45.6 Å². The number of benzene rings is 1. The number of nitrogens with zero attached hydrogens (tertiary/aromatic N) is 5. The molecule has 1 amide bonds. The van der Waals surface area contributed by atoms with Crippen molar-refractivity contribution < 1.29 is 4.79 Å². The normalized spacial score (nSPS) is 16.9. The molecule has 0 N–H and O–H groups in total. The third kappa shape index (κ3) is 4.14. The minimum atomic E-state index is -0.225. The van der Waals surface area contributed by atoms with Crippen molar-refractivity contribution in [2.75, 3.05) is 40.3 Å². The van der Waals surface area contributed by atoms with Gasteiger partial charge in [0.25, 0.3) is 0 Å². The van der Waals surface area contributed by atoms with Crippen molar-refractivity contribution in [2.45, 2.75) is 19.5 Å². The fourth-order valence-corrected chi connectivity index (χ4v) is 3.46. The second kappa shape index (κ2) is 8.01. The van der Waals surface area contributed by atoms with Gasteiger partial charge in [-0.25, -0.2) is 4.98 Å². The lowest BCUT2D eigenvalue weighted by Gasteiger charge is -2.37. The van der Waals surface area contributed by atoms with Gasteiger partial charge in [0.2, 0.25) is 5.91 Å². The van der Waals surface area contributed by atoms with Gasteiger partial charge in [0.05, 0.1) is 6.54 Å². The number of imidazole rings is 1. The standard InChI is InChI=1S/C20H29N5O/c1-16-5-7-17(8-6-16)19(22(2)3)20(26)25-13-11-24(12-14-25)15-18-21-9-10-23(18)4/h5-10,19H,11-15H2,1-4H3/t19-/m1/s1. The predicted octanol–water partition coefficient (Wildman–Crippen LogP) is 1.68. The summed E-state index contributed by atoms with van der Waals surface area (Å²) in [7, 11) is 5.96. The van der Waals surface area contributed by atoms with Gasteiger partial charge in [-0.1, -0.05) is 29.8 Å². The third-order valence-corrected chi connectivity index (χ3v) is 5.11. The number of amides is 1. The summed E-state index contributed by atoms with van der Waals surface area (Å²) in [4.78, 5) is 23.9. The van der Waals surface area contributed by atoms with Gasteiger partial charge in [0.15, 0.2) is 0 Å². The molecule has 1 aromatic carbocycles. The van der Waals surface area contributed by atoms with Gasteiger partial charge >= 0.3 is 0 Å². The van der Waals surface area contributed by atoms with Crippen molar-refractivity contribution in [2.24, 2.45) is 7.05 Å². The molecule has 1 fully saturated rings. The molecule has 26 heavy (non-hydrogen) atoms. The van der Waals surface area contributed by atoms with Crippen molar-refractivity contribution in [3.8, 4) is 0 Å². The highest BCUT2D eigenvalue weighted by atomic mass is 16.2. The Morgan fingerprint density at radius 1 is 1.15 bits per heavy atom. The first kappa shape index (κ1) is 18.6. The van der Waals surface area contributed by atoms with E-state index in [9.17, 15) is 4.79 Å².